The lowest BCUT2D eigenvalue weighted by molar-refractivity contribution is -0.104. The molecule has 0 saturated heterocycles. The van der Waals surface area contributed by atoms with E-state index >= 15 is 0 Å². The Morgan fingerprint density at radius 3 is 3.20 bits per heavy atom. The molecule has 0 fully saturated rings. The molecule has 0 aromatic rings. The van der Waals surface area contributed by atoms with Gasteiger partial charge in [0, 0.05) is 0 Å². The van der Waals surface area contributed by atoms with Crippen LogP contribution < -0.4 is 0 Å². The molecule has 4 heteroatoms. The Kier molecular flexibility index (Phi) is 1.14. The lowest BCUT2D eigenvalue weighted by atomic mass is 10.2. The van der Waals surface area contributed by atoms with E-state index in [9.17, 15) is 4.79 Å². The van der Waals surface area contributed by atoms with Crippen LogP contribution in [0.5, 0.6) is 0 Å². The Balaban J connectivity index is 2.41. The quantitative estimate of drug-likeness (QED) is 0.418. The van der Waals surface area contributed by atoms with Gasteiger partial charge in [-0.25, -0.2) is 0 Å². The van der Waals surface area contributed by atoms with E-state index in [0.29, 0.717) is 5.57 Å². The van der Waals surface area contributed by atoms with E-state index in [4.69, 9.17) is 8.37 Å². The zero-order valence-corrected chi connectivity index (χ0v) is 5.76. The highest BCUT2D eigenvalue weighted by Crippen LogP contribution is 2.33. The number of carbonyl (C=O) groups excluding carboxylic acids is 1. The minimum Gasteiger partial charge on any atom is -0.408 e. The predicted molar refractivity (Wildman–Crippen MR) is 38.1 cm³/mol. The van der Waals surface area contributed by atoms with Crippen molar-refractivity contribution in [2.75, 3.05) is 0 Å². The summed E-state index contributed by atoms with van der Waals surface area (Å²) in [6, 6.07) is 0. The fourth-order valence-corrected chi connectivity index (χ4v) is 1.81. The van der Waals surface area contributed by atoms with Gasteiger partial charge in [0.25, 0.3) is 0 Å². The highest BCUT2D eigenvalue weighted by Gasteiger charge is 2.20. The van der Waals surface area contributed by atoms with Gasteiger partial charge in [-0.2, -0.15) is 0 Å². The first kappa shape index (κ1) is 5.73. The zero-order chi connectivity index (χ0) is 6.97. The van der Waals surface area contributed by atoms with E-state index in [1.165, 1.54) is 12.5 Å². The minimum atomic E-state index is -0.616. The van der Waals surface area contributed by atoms with E-state index in [1.807, 2.05) is 0 Å². The number of rotatable bonds is 1. The summed E-state index contributed by atoms with van der Waals surface area (Å²) in [4.78, 5) is 11.1. The molecular weight excluding hydrogens is 152 g/mol. The molecule has 0 aromatic carbocycles. The molecule has 0 radical (unpaired) electrons. The molecular formula is C6H4O3S. The molecule has 0 bridgehead atoms. The van der Waals surface area contributed by atoms with Crippen LogP contribution in [-0.4, -0.2) is 11.2 Å². The fraction of sp³-hybridized carbons (Fsp3) is 0. The molecule has 2 aliphatic heterocycles. The lowest BCUT2D eigenvalue weighted by Gasteiger charge is -1.95. The van der Waals surface area contributed by atoms with Gasteiger partial charge in [-0.05, 0) is 6.08 Å². The van der Waals surface area contributed by atoms with Gasteiger partial charge in [0.2, 0.25) is 0 Å². The maximum Gasteiger partial charge on any atom is 0.192 e. The van der Waals surface area contributed by atoms with Gasteiger partial charge in [-0.3, -0.25) is 4.79 Å². The number of allylic oxidation sites excluding steroid dienone is 2. The molecule has 2 rings (SSSR count). The zero-order valence-electron chi connectivity index (χ0n) is 4.94. The van der Waals surface area contributed by atoms with Crippen LogP contribution in [0.1, 0.15) is 0 Å². The van der Waals surface area contributed by atoms with E-state index in [2.05, 4.69) is 0 Å². The molecule has 2 aliphatic rings. The van der Waals surface area contributed by atoms with E-state index in [0.717, 1.165) is 11.2 Å². The van der Waals surface area contributed by atoms with Gasteiger partial charge in [0.1, 0.15) is 12.5 Å². The molecule has 2 heterocycles. The maximum atomic E-state index is 10.3. The number of aldehydes is 1. The average molecular weight is 156 g/mol. The van der Waals surface area contributed by atoms with Crippen molar-refractivity contribution < 1.29 is 13.2 Å². The van der Waals surface area contributed by atoms with Crippen LogP contribution in [0.25, 0.3) is 0 Å². The van der Waals surface area contributed by atoms with E-state index in [1.54, 1.807) is 6.08 Å². The molecule has 0 spiro atoms. The summed E-state index contributed by atoms with van der Waals surface area (Å²) >= 11 is -0.616. The van der Waals surface area contributed by atoms with Crippen molar-refractivity contribution in [1.29, 1.82) is 0 Å². The SMILES string of the molecule is O=CC1=COS2=C1C=CO2. The van der Waals surface area contributed by atoms with E-state index in [-0.39, 0.29) is 0 Å². The van der Waals surface area contributed by atoms with Crippen LogP contribution in [0.15, 0.2) is 24.2 Å². The monoisotopic (exact) mass is 156 g/mol. The molecule has 0 N–H and O–H groups in total. The van der Waals surface area contributed by atoms with Crippen molar-refractivity contribution in [3.8, 4) is 0 Å². The number of carbonyl (C=O) groups is 1. The summed E-state index contributed by atoms with van der Waals surface area (Å²) < 4.78 is 9.98. The first-order valence-corrected chi connectivity index (χ1v) is 3.77. The van der Waals surface area contributed by atoms with Crippen LogP contribution in [0.4, 0.5) is 0 Å². The van der Waals surface area contributed by atoms with Gasteiger partial charge in [-0.1, -0.05) is 0 Å². The van der Waals surface area contributed by atoms with Crippen LogP contribution in [0, 0.1) is 0 Å². The largest absolute Gasteiger partial charge is 0.408 e. The van der Waals surface area contributed by atoms with Gasteiger partial charge < -0.3 is 8.37 Å². The van der Waals surface area contributed by atoms with Crippen LogP contribution in [-0.2, 0) is 13.2 Å². The maximum absolute atomic E-state index is 10.3. The Bertz CT molecular complexity index is 275. The first-order valence-electron chi connectivity index (χ1n) is 2.69. The third kappa shape index (κ3) is 0.623. The normalized spacial score (nSPS) is 27.0. The van der Waals surface area contributed by atoms with Crippen molar-refractivity contribution in [2.24, 2.45) is 0 Å². The van der Waals surface area contributed by atoms with Crippen LogP contribution in [0.2, 0.25) is 0 Å². The molecule has 0 amide bonds. The highest BCUT2D eigenvalue weighted by atomic mass is 32.2. The smallest absolute Gasteiger partial charge is 0.192 e. The van der Waals surface area contributed by atoms with Gasteiger partial charge in [0.05, 0.1) is 10.4 Å². The fourth-order valence-electron chi connectivity index (χ4n) is 0.754. The van der Waals surface area contributed by atoms with Crippen LogP contribution >= 0.6 is 11.0 Å². The van der Waals surface area contributed by atoms with E-state index < -0.39 is 11.0 Å². The van der Waals surface area contributed by atoms with Crippen molar-refractivity contribution in [3.05, 3.63) is 24.2 Å². The molecule has 1 atom stereocenters. The van der Waals surface area contributed by atoms with Crippen molar-refractivity contribution in [2.45, 2.75) is 0 Å². The molecule has 10 heavy (non-hydrogen) atoms. The Labute approximate surface area is 60.3 Å². The van der Waals surface area contributed by atoms with Gasteiger partial charge >= 0.3 is 0 Å². The minimum absolute atomic E-state index is 0.581. The third-order valence-corrected chi connectivity index (χ3v) is 2.50. The second-order valence-corrected chi connectivity index (χ2v) is 3.08. The third-order valence-electron chi connectivity index (χ3n) is 1.22. The molecule has 1 unspecified atom stereocenters. The van der Waals surface area contributed by atoms with Crippen LogP contribution in [0.3, 0.4) is 0 Å². The van der Waals surface area contributed by atoms with Gasteiger partial charge in [0.15, 0.2) is 17.3 Å². The Morgan fingerprint density at radius 1 is 1.50 bits per heavy atom. The lowest BCUT2D eigenvalue weighted by Crippen LogP contribution is -1.93. The summed E-state index contributed by atoms with van der Waals surface area (Å²) in [6.07, 6.45) is 5.47. The molecule has 3 nitrogen and oxygen atoms in total. The second-order valence-electron chi connectivity index (χ2n) is 1.79. The average Bonchev–Trinajstić information content (AvgIpc) is 2.44. The first-order chi connectivity index (χ1) is 4.92. The van der Waals surface area contributed by atoms with Gasteiger partial charge in [-0.15, -0.1) is 0 Å². The Morgan fingerprint density at radius 2 is 2.40 bits per heavy atom. The summed E-state index contributed by atoms with van der Waals surface area (Å²) in [5, 5.41) is 0. The van der Waals surface area contributed by atoms with Crippen molar-refractivity contribution in [1.82, 2.24) is 0 Å². The van der Waals surface area contributed by atoms with Crippen molar-refractivity contribution in [3.63, 3.8) is 0 Å². The predicted octanol–water partition coefficient (Wildman–Crippen LogP) is 0.915. The second kappa shape index (κ2) is 1.98. The van der Waals surface area contributed by atoms with Crippen molar-refractivity contribution >= 4 is 22.2 Å². The summed E-state index contributed by atoms with van der Waals surface area (Å²) in [6.45, 7) is 0. The summed E-state index contributed by atoms with van der Waals surface area (Å²) in [5.41, 5.74) is 0.581. The topological polar surface area (TPSA) is 35.5 Å². The molecule has 0 aromatic heterocycles. The Hall–Kier alpha value is -1.03. The summed E-state index contributed by atoms with van der Waals surface area (Å²) in [5.74, 6) is 0. The molecule has 0 aliphatic carbocycles. The summed E-state index contributed by atoms with van der Waals surface area (Å²) in [7, 11) is 0. The molecule has 52 valence electrons. The standard InChI is InChI=1S/C6H4O3S/c7-3-5-4-9-10-6(5)1-2-8-10/h1-4H. The highest BCUT2D eigenvalue weighted by molar-refractivity contribution is 8.08. The number of hydrogen-bond donors (Lipinski definition) is 0. The number of hydrogen-bond acceptors (Lipinski definition) is 3. The molecule has 0 saturated carbocycles.